The molecule has 7 nitrogen and oxygen atoms in total. The highest BCUT2D eigenvalue weighted by atomic mass is 35.5. The van der Waals surface area contributed by atoms with Crippen molar-refractivity contribution in [2.75, 3.05) is 5.32 Å². The Bertz CT molecular complexity index is 860. The van der Waals surface area contributed by atoms with Gasteiger partial charge in [0.1, 0.15) is 11.5 Å². The van der Waals surface area contributed by atoms with Gasteiger partial charge < -0.3 is 15.0 Å². The van der Waals surface area contributed by atoms with Crippen LogP contribution in [-0.4, -0.2) is 30.8 Å². The van der Waals surface area contributed by atoms with E-state index in [1.165, 1.54) is 22.1 Å². The van der Waals surface area contributed by atoms with Crippen LogP contribution in [0.2, 0.25) is 5.02 Å². The van der Waals surface area contributed by atoms with Gasteiger partial charge in [0.25, 0.3) is 0 Å². The number of carbonyl (C=O) groups is 1. The maximum Gasteiger partial charge on any atom is 0.354 e. The molecule has 0 saturated heterocycles. The number of carboxylic acid groups (broad SMARTS) is 1. The molecule has 2 aromatic heterocycles. The van der Waals surface area contributed by atoms with Gasteiger partial charge in [-0.25, -0.2) is 9.78 Å². The fraction of sp³-hybridized carbons (Fsp3) is 0.143. The molecule has 0 spiro atoms. The lowest BCUT2D eigenvalue weighted by Gasteiger charge is -2.03. The van der Waals surface area contributed by atoms with Crippen LogP contribution >= 0.6 is 22.9 Å². The second-order valence-electron chi connectivity index (χ2n) is 4.67. The third-order valence-electron chi connectivity index (χ3n) is 3.23. The van der Waals surface area contributed by atoms with E-state index in [1.54, 1.807) is 13.1 Å². The third kappa shape index (κ3) is 3.17. The lowest BCUT2D eigenvalue weighted by Crippen LogP contribution is -2.10. The van der Waals surface area contributed by atoms with Crippen molar-refractivity contribution in [3.05, 3.63) is 47.0 Å². The zero-order valence-corrected chi connectivity index (χ0v) is 13.6. The minimum absolute atomic E-state index is 0.135. The Labute approximate surface area is 140 Å². The van der Waals surface area contributed by atoms with Crippen molar-refractivity contribution in [3.63, 3.8) is 0 Å². The maximum absolute atomic E-state index is 11.0. The number of aromatic carboxylic acids is 1. The average Bonchev–Trinajstić information content (AvgIpc) is 3.12. The maximum atomic E-state index is 11.0. The molecule has 0 bridgehead atoms. The van der Waals surface area contributed by atoms with Gasteiger partial charge in [-0.15, -0.1) is 10.2 Å². The number of halogens is 1. The van der Waals surface area contributed by atoms with Crippen molar-refractivity contribution in [2.45, 2.75) is 6.54 Å². The molecule has 0 aliphatic carbocycles. The van der Waals surface area contributed by atoms with E-state index in [9.17, 15) is 4.79 Å². The number of benzene rings is 1. The van der Waals surface area contributed by atoms with Gasteiger partial charge in [0.2, 0.25) is 5.13 Å². The highest BCUT2D eigenvalue weighted by Gasteiger charge is 2.13. The predicted octanol–water partition coefficient (Wildman–Crippen LogP) is 2.90. The van der Waals surface area contributed by atoms with Crippen LogP contribution in [0.1, 0.15) is 16.3 Å². The fourth-order valence-electron chi connectivity index (χ4n) is 2.00. The highest BCUT2D eigenvalue weighted by molar-refractivity contribution is 7.18. The summed E-state index contributed by atoms with van der Waals surface area (Å²) in [4.78, 5) is 15.1. The van der Waals surface area contributed by atoms with Gasteiger partial charge in [0.05, 0.1) is 17.8 Å². The number of hydrogen-bond acceptors (Lipinski definition) is 6. The normalized spacial score (nSPS) is 10.7. The summed E-state index contributed by atoms with van der Waals surface area (Å²) in [5.74, 6) is -0.417. The predicted molar refractivity (Wildman–Crippen MR) is 87.8 cm³/mol. The summed E-state index contributed by atoms with van der Waals surface area (Å²) in [6, 6.07) is 7.42. The van der Waals surface area contributed by atoms with E-state index >= 15 is 0 Å². The number of hydrogen-bond donors (Lipinski definition) is 2. The van der Waals surface area contributed by atoms with Gasteiger partial charge in [-0.05, 0) is 6.07 Å². The molecule has 0 saturated carbocycles. The molecule has 0 atom stereocenters. The highest BCUT2D eigenvalue weighted by Crippen LogP contribution is 2.31. The largest absolute Gasteiger partial charge is 0.477 e. The van der Waals surface area contributed by atoms with Gasteiger partial charge in [0.15, 0.2) is 5.01 Å². The van der Waals surface area contributed by atoms with Crippen LogP contribution < -0.4 is 5.32 Å². The van der Waals surface area contributed by atoms with E-state index in [0.29, 0.717) is 27.5 Å². The SMILES string of the molecule is Cn1c(C(=O)O)cnc1CNc1nnc(-c2ccccc2Cl)s1. The van der Waals surface area contributed by atoms with Crippen molar-refractivity contribution < 1.29 is 9.90 Å². The summed E-state index contributed by atoms with van der Waals surface area (Å²) in [6.45, 7) is 0.348. The second kappa shape index (κ2) is 6.35. The number of carboxylic acids is 1. The van der Waals surface area contributed by atoms with Crippen LogP contribution in [0.5, 0.6) is 0 Å². The molecule has 0 unspecified atom stereocenters. The first-order valence-corrected chi connectivity index (χ1v) is 7.82. The lowest BCUT2D eigenvalue weighted by molar-refractivity contribution is 0.0686. The van der Waals surface area contributed by atoms with Crippen molar-refractivity contribution in [2.24, 2.45) is 7.05 Å². The fourth-order valence-corrected chi connectivity index (χ4v) is 3.06. The molecule has 9 heteroatoms. The molecule has 0 aliphatic heterocycles. The standard InChI is InChI=1S/C14H12ClN5O2S/c1-20-10(13(21)22)6-16-11(20)7-17-14-19-18-12(23-14)8-4-2-3-5-9(8)15/h2-6H,7H2,1H3,(H,17,19)(H,21,22). The van der Waals surface area contributed by atoms with Crippen molar-refractivity contribution in [1.82, 2.24) is 19.7 Å². The van der Waals surface area contributed by atoms with Crippen molar-refractivity contribution in [1.29, 1.82) is 0 Å². The Hall–Kier alpha value is -2.45. The molecular weight excluding hydrogens is 338 g/mol. The molecular formula is C14H12ClN5O2S. The lowest BCUT2D eigenvalue weighted by atomic mass is 10.2. The zero-order chi connectivity index (χ0) is 16.4. The number of imidazole rings is 1. The first-order valence-electron chi connectivity index (χ1n) is 6.62. The molecule has 0 fully saturated rings. The average molecular weight is 350 g/mol. The second-order valence-corrected chi connectivity index (χ2v) is 6.05. The summed E-state index contributed by atoms with van der Waals surface area (Å²) in [6.07, 6.45) is 1.33. The van der Waals surface area contributed by atoms with Crippen LogP contribution in [-0.2, 0) is 13.6 Å². The Morgan fingerprint density at radius 2 is 2.17 bits per heavy atom. The van der Waals surface area contributed by atoms with E-state index < -0.39 is 5.97 Å². The smallest absolute Gasteiger partial charge is 0.354 e. The number of rotatable bonds is 5. The van der Waals surface area contributed by atoms with Gasteiger partial charge in [-0.2, -0.15) is 0 Å². The minimum atomic E-state index is -1.01. The van der Waals surface area contributed by atoms with Gasteiger partial charge in [-0.1, -0.05) is 41.1 Å². The Morgan fingerprint density at radius 1 is 1.39 bits per heavy atom. The molecule has 2 heterocycles. The summed E-state index contributed by atoms with van der Waals surface area (Å²) >= 11 is 7.51. The molecule has 3 aromatic rings. The number of nitrogens with one attached hydrogen (secondary N) is 1. The minimum Gasteiger partial charge on any atom is -0.477 e. The zero-order valence-electron chi connectivity index (χ0n) is 12.0. The van der Waals surface area contributed by atoms with Crippen LogP contribution in [0.25, 0.3) is 10.6 Å². The van der Waals surface area contributed by atoms with Crippen LogP contribution in [0, 0.1) is 0 Å². The van der Waals surface area contributed by atoms with Crippen LogP contribution in [0.3, 0.4) is 0 Å². The van der Waals surface area contributed by atoms with Gasteiger partial charge in [-0.3, -0.25) is 0 Å². The van der Waals surface area contributed by atoms with E-state index in [-0.39, 0.29) is 5.69 Å². The molecule has 0 aliphatic rings. The van der Waals surface area contributed by atoms with E-state index in [1.807, 2.05) is 18.2 Å². The number of nitrogens with zero attached hydrogens (tertiary/aromatic N) is 4. The van der Waals surface area contributed by atoms with Crippen molar-refractivity contribution >= 4 is 34.0 Å². The quantitative estimate of drug-likeness (QED) is 0.735. The molecule has 0 radical (unpaired) electrons. The Balaban J connectivity index is 1.73. The molecule has 3 rings (SSSR count). The van der Waals surface area contributed by atoms with Crippen molar-refractivity contribution in [3.8, 4) is 10.6 Å². The first-order chi connectivity index (χ1) is 11.1. The van der Waals surface area contributed by atoms with Crippen LogP contribution in [0.15, 0.2) is 30.5 Å². The van der Waals surface area contributed by atoms with E-state index in [4.69, 9.17) is 16.7 Å². The molecule has 23 heavy (non-hydrogen) atoms. The molecule has 1 aromatic carbocycles. The summed E-state index contributed by atoms with van der Waals surface area (Å²) < 4.78 is 1.52. The van der Waals surface area contributed by atoms with Crippen LogP contribution in [0.4, 0.5) is 5.13 Å². The number of aromatic nitrogens is 4. The summed E-state index contributed by atoms with van der Waals surface area (Å²) in [5, 5.41) is 22.2. The number of anilines is 1. The Kier molecular flexibility index (Phi) is 4.26. The summed E-state index contributed by atoms with van der Waals surface area (Å²) in [5.41, 5.74) is 0.959. The monoisotopic (exact) mass is 349 g/mol. The summed E-state index contributed by atoms with van der Waals surface area (Å²) in [7, 11) is 1.66. The molecule has 118 valence electrons. The molecule has 2 N–H and O–H groups in total. The van der Waals surface area contributed by atoms with Gasteiger partial charge >= 0.3 is 5.97 Å². The van der Waals surface area contributed by atoms with E-state index in [0.717, 1.165) is 5.56 Å². The Morgan fingerprint density at radius 3 is 2.87 bits per heavy atom. The molecule has 0 amide bonds. The van der Waals surface area contributed by atoms with Gasteiger partial charge in [0, 0.05) is 12.6 Å². The third-order valence-corrected chi connectivity index (χ3v) is 4.47. The first kappa shape index (κ1) is 15.4. The van der Waals surface area contributed by atoms with E-state index in [2.05, 4.69) is 20.5 Å². The topological polar surface area (TPSA) is 92.9 Å².